The van der Waals surface area contributed by atoms with Gasteiger partial charge in [0.05, 0.1) is 21.0 Å². The van der Waals surface area contributed by atoms with Crippen molar-refractivity contribution in [2.45, 2.75) is 23.6 Å². The molecule has 0 saturated carbocycles. The molecule has 5 aromatic rings. The summed E-state index contributed by atoms with van der Waals surface area (Å²) in [6.45, 7) is 3.61. The Kier molecular flexibility index (Phi) is 7.91. The van der Waals surface area contributed by atoms with Crippen LogP contribution in [0.3, 0.4) is 0 Å². The molecular weight excluding hydrogens is 612 g/mol. The molecule has 0 radical (unpaired) electrons. The summed E-state index contributed by atoms with van der Waals surface area (Å²) < 4.78 is 62.2. The van der Waals surface area contributed by atoms with Crippen molar-refractivity contribution in [2.75, 3.05) is 15.7 Å². The molecule has 1 aromatic heterocycles. The number of hydrogen-bond acceptors (Lipinski definition) is 7. The van der Waals surface area contributed by atoms with E-state index in [0.29, 0.717) is 20.3 Å². The average Bonchev–Trinajstić information content (AvgIpc) is 2.97. The Morgan fingerprint density at radius 1 is 0.721 bits per heavy atom. The van der Waals surface area contributed by atoms with Crippen LogP contribution >= 0.6 is 11.6 Å². The molecule has 1 amide bonds. The van der Waals surface area contributed by atoms with Crippen LogP contribution in [-0.4, -0.2) is 29.2 Å². The lowest BCUT2D eigenvalue weighted by Crippen LogP contribution is -2.37. The Balaban J connectivity index is 1.72. The van der Waals surface area contributed by atoms with E-state index in [1.165, 1.54) is 61.6 Å². The molecule has 43 heavy (non-hydrogen) atoms. The van der Waals surface area contributed by atoms with Crippen molar-refractivity contribution in [3.63, 3.8) is 0 Å². The first-order valence-corrected chi connectivity index (χ1v) is 16.1. The molecule has 0 N–H and O–H groups in total. The van der Waals surface area contributed by atoms with Crippen LogP contribution in [0.2, 0.25) is 0 Å². The fraction of sp³-hybridized carbons (Fsp3) is 0.0968. The van der Waals surface area contributed by atoms with Crippen molar-refractivity contribution in [3.8, 4) is 11.1 Å². The predicted molar refractivity (Wildman–Crippen MR) is 167 cm³/mol. The molecule has 0 aliphatic carbocycles. The quantitative estimate of drug-likeness (QED) is 0.114. The van der Waals surface area contributed by atoms with Crippen LogP contribution in [0.4, 0.5) is 16.2 Å². The normalized spacial score (nSPS) is 11.8. The Bertz CT molecular complexity index is 2140. The van der Waals surface area contributed by atoms with Gasteiger partial charge in [-0.25, -0.2) is 21.6 Å². The van der Waals surface area contributed by atoms with Gasteiger partial charge in [0.1, 0.15) is 5.58 Å². The Labute approximate surface area is 253 Å². The number of amides is 1. The Morgan fingerprint density at radius 3 is 1.86 bits per heavy atom. The number of rotatable bonds is 7. The second-order valence-electron chi connectivity index (χ2n) is 9.81. The lowest BCUT2D eigenvalue weighted by Gasteiger charge is -2.25. The first-order chi connectivity index (χ1) is 20.3. The largest absolute Gasteiger partial charge is 0.422 e. The zero-order valence-electron chi connectivity index (χ0n) is 23.2. The van der Waals surface area contributed by atoms with Gasteiger partial charge in [0.25, 0.3) is 20.0 Å². The van der Waals surface area contributed by atoms with Gasteiger partial charge in [0.2, 0.25) is 0 Å². The highest BCUT2D eigenvalue weighted by Gasteiger charge is 2.37. The van der Waals surface area contributed by atoms with Crippen LogP contribution < -0.4 is 14.2 Å². The minimum Gasteiger partial charge on any atom is -0.422 e. The van der Waals surface area contributed by atoms with E-state index >= 15 is 0 Å². The lowest BCUT2D eigenvalue weighted by atomic mass is 10.0. The van der Waals surface area contributed by atoms with E-state index in [9.17, 15) is 26.4 Å². The van der Waals surface area contributed by atoms with Gasteiger partial charge in [0.15, 0.2) is 0 Å². The van der Waals surface area contributed by atoms with E-state index in [1.54, 1.807) is 37.3 Å². The molecule has 0 fully saturated rings. The summed E-state index contributed by atoms with van der Waals surface area (Å²) in [5, 5.41) is -0.473. The van der Waals surface area contributed by atoms with E-state index in [1.807, 2.05) is 19.1 Å². The minimum atomic E-state index is -4.76. The SMILES string of the molecule is Cc1ccc(S(=O)(=O)N(c2ccc3oc(=O)c(-c4ccccc4C)cc3c2)S(=O)(=O)c2ccc(N(C)C(=O)Cl)cc2)cc1. The van der Waals surface area contributed by atoms with Crippen molar-refractivity contribution < 1.29 is 26.0 Å². The number of benzene rings is 4. The third-order valence-electron chi connectivity index (χ3n) is 6.90. The average molecular weight is 637 g/mol. The number of hydrogen-bond donors (Lipinski definition) is 0. The van der Waals surface area contributed by atoms with Crippen LogP contribution in [0.1, 0.15) is 11.1 Å². The molecule has 0 aliphatic rings. The number of sulfonamides is 2. The van der Waals surface area contributed by atoms with E-state index in [0.717, 1.165) is 16.0 Å². The van der Waals surface area contributed by atoms with Gasteiger partial charge >= 0.3 is 11.0 Å². The van der Waals surface area contributed by atoms with Gasteiger partial charge in [-0.05, 0) is 97.2 Å². The summed E-state index contributed by atoms with van der Waals surface area (Å²) in [5.41, 5.74) is 2.13. The number of aryl methyl sites for hydroxylation is 2. The fourth-order valence-corrected chi connectivity index (χ4v) is 8.31. The summed E-state index contributed by atoms with van der Waals surface area (Å²) in [7, 11) is -8.05. The van der Waals surface area contributed by atoms with Gasteiger partial charge in [-0.1, -0.05) is 42.0 Å². The van der Waals surface area contributed by atoms with Crippen LogP contribution in [0.15, 0.2) is 116 Å². The molecule has 0 saturated heterocycles. The lowest BCUT2D eigenvalue weighted by molar-refractivity contribution is 0.265. The van der Waals surface area contributed by atoms with E-state index < -0.39 is 31.0 Å². The van der Waals surface area contributed by atoms with Crippen LogP contribution in [-0.2, 0) is 20.0 Å². The van der Waals surface area contributed by atoms with Gasteiger partial charge in [0, 0.05) is 18.1 Å². The van der Waals surface area contributed by atoms with E-state index in [-0.39, 0.29) is 26.6 Å². The Morgan fingerprint density at radius 2 is 1.28 bits per heavy atom. The Hall–Kier alpha value is -4.45. The fourth-order valence-electron chi connectivity index (χ4n) is 4.54. The monoisotopic (exact) mass is 636 g/mol. The topological polar surface area (TPSA) is 122 Å². The van der Waals surface area contributed by atoms with Gasteiger partial charge in [-0.3, -0.25) is 4.79 Å². The highest BCUT2D eigenvalue weighted by molar-refractivity contribution is 8.10. The van der Waals surface area contributed by atoms with Gasteiger partial charge in [-0.2, -0.15) is 3.71 Å². The van der Waals surface area contributed by atoms with Crippen LogP contribution in [0, 0.1) is 13.8 Å². The molecular formula is C31H25ClN2O7S2. The standard InChI is InChI=1S/C31H25ClN2O7S2/c1-20-8-13-25(14-9-20)42(37,38)34(43(39,40)26-15-10-23(11-16-26)33(3)31(32)36)24-12-17-29-22(18-24)19-28(30(35)41-29)27-7-5-4-6-21(27)2/h4-19H,1-3H3. The molecule has 0 unspecified atom stereocenters. The minimum absolute atomic E-state index is 0.147. The first-order valence-electron chi connectivity index (χ1n) is 12.8. The van der Waals surface area contributed by atoms with Crippen molar-refractivity contribution in [1.29, 1.82) is 0 Å². The molecule has 0 atom stereocenters. The van der Waals surface area contributed by atoms with Crippen LogP contribution in [0.25, 0.3) is 22.1 Å². The maximum Gasteiger partial charge on any atom is 0.344 e. The smallest absolute Gasteiger partial charge is 0.344 e. The van der Waals surface area contributed by atoms with Crippen molar-refractivity contribution >= 4 is 59.4 Å². The first kappa shape index (κ1) is 30.0. The molecule has 0 spiro atoms. The summed E-state index contributed by atoms with van der Waals surface area (Å²) in [6, 6.07) is 23.5. The van der Waals surface area contributed by atoms with E-state index in [4.69, 9.17) is 16.0 Å². The molecule has 5 rings (SSSR count). The zero-order valence-corrected chi connectivity index (χ0v) is 25.6. The molecule has 12 heteroatoms. The second kappa shape index (κ2) is 11.3. The molecule has 1 heterocycles. The number of carbonyl (C=O) groups excluding carboxylic acids is 1. The number of halogens is 1. The van der Waals surface area contributed by atoms with Crippen molar-refractivity contribution in [1.82, 2.24) is 0 Å². The predicted octanol–water partition coefficient (Wildman–Crippen LogP) is 6.46. The van der Waals surface area contributed by atoms with Crippen LogP contribution in [0.5, 0.6) is 0 Å². The van der Waals surface area contributed by atoms with Crippen molar-refractivity contribution in [3.05, 3.63) is 119 Å². The zero-order chi connectivity index (χ0) is 31.1. The van der Waals surface area contributed by atoms with E-state index in [2.05, 4.69) is 0 Å². The number of fused-ring (bicyclic) bond motifs is 1. The highest BCUT2D eigenvalue weighted by atomic mass is 35.5. The molecule has 9 nitrogen and oxygen atoms in total. The van der Waals surface area contributed by atoms with Gasteiger partial charge < -0.3 is 9.32 Å². The summed E-state index contributed by atoms with van der Waals surface area (Å²) >= 11 is 5.53. The number of anilines is 2. The highest BCUT2D eigenvalue weighted by Crippen LogP contribution is 2.34. The second-order valence-corrected chi connectivity index (χ2v) is 13.9. The van der Waals surface area contributed by atoms with Crippen molar-refractivity contribution in [2.24, 2.45) is 0 Å². The molecule has 0 aliphatic heterocycles. The molecule has 220 valence electrons. The third kappa shape index (κ3) is 5.66. The maximum atomic E-state index is 14.1. The summed E-state index contributed by atoms with van der Waals surface area (Å²) in [5.74, 6) is 0. The molecule has 4 aromatic carbocycles. The maximum absolute atomic E-state index is 14.1. The number of nitrogens with zero attached hydrogens (tertiary/aromatic N) is 2. The molecule has 0 bridgehead atoms. The summed E-state index contributed by atoms with van der Waals surface area (Å²) in [6.07, 6.45) is 0. The van der Waals surface area contributed by atoms with Gasteiger partial charge in [-0.15, -0.1) is 0 Å². The summed E-state index contributed by atoms with van der Waals surface area (Å²) in [4.78, 5) is 24.9. The number of carbonyl (C=O) groups is 1. The third-order valence-corrected chi connectivity index (χ3v) is 11.4.